The van der Waals surface area contributed by atoms with Gasteiger partial charge in [0, 0.05) is 0 Å². The minimum absolute atomic E-state index is 0. The van der Waals surface area contributed by atoms with Gasteiger partial charge in [0.1, 0.15) is 5.41 Å². The fourth-order valence-electron chi connectivity index (χ4n) is 2.30. The molecule has 0 saturated carbocycles. The second-order valence-electron chi connectivity index (χ2n) is 4.41. The van der Waals surface area contributed by atoms with Gasteiger partial charge in [0.2, 0.25) is 5.91 Å². The van der Waals surface area contributed by atoms with Gasteiger partial charge >= 0.3 is 70.4 Å². The first-order valence-corrected chi connectivity index (χ1v) is 8.89. The Morgan fingerprint density at radius 2 is 1.44 bits per heavy atom. The summed E-state index contributed by atoms with van der Waals surface area (Å²) in [6.45, 7) is 5.62. The van der Waals surface area contributed by atoms with Crippen molar-refractivity contribution >= 4 is 43.9 Å². The zero-order chi connectivity index (χ0) is 20.5. The van der Waals surface area contributed by atoms with Crippen molar-refractivity contribution in [3.8, 4) is 0 Å². The first kappa shape index (κ1) is 38.7. The van der Waals surface area contributed by atoms with Crippen LogP contribution in [0.5, 0.6) is 0 Å². The fourth-order valence-corrected chi connectivity index (χ4v) is 2.30. The van der Waals surface area contributed by atoms with Crippen LogP contribution in [0.3, 0.4) is 0 Å². The van der Waals surface area contributed by atoms with Crippen LogP contribution < -0.4 is 54.7 Å². The summed E-state index contributed by atoms with van der Waals surface area (Å²) < 4.78 is 25.0. The molecule has 145 valence electrons. The van der Waals surface area contributed by atoms with Crippen molar-refractivity contribution in [1.29, 1.82) is 0 Å². The number of amides is 2. The summed E-state index contributed by atoms with van der Waals surface area (Å²) in [5, 5.41) is 13.1. The first-order valence-electron chi connectivity index (χ1n) is 6.70. The SMILES string of the molecule is CCCC(C)C1(CC)C(=O)N=C([O-])NC1=O.O=P[O-].O=P[O-].O=P[O-].[Na+].[Nd+3]. The maximum atomic E-state index is 11.9. The van der Waals surface area contributed by atoms with Gasteiger partial charge in [-0.15, -0.1) is 0 Å². The van der Waals surface area contributed by atoms with E-state index in [0.717, 1.165) is 12.8 Å². The zero-order valence-corrected chi connectivity index (χ0v) is 23.1. The Morgan fingerprint density at radius 3 is 1.70 bits per heavy atom. The predicted molar refractivity (Wildman–Crippen MR) is 80.2 cm³/mol. The number of rotatable bonds is 4. The van der Waals surface area contributed by atoms with Crippen LogP contribution in [0.25, 0.3) is 0 Å². The van der Waals surface area contributed by atoms with Crippen molar-refractivity contribution in [2.75, 3.05) is 0 Å². The molecule has 1 heterocycles. The van der Waals surface area contributed by atoms with E-state index in [-0.39, 0.29) is 76.3 Å². The first-order chi connectivity index (χ1) is 11.7. The van der Waals surface area contributed by atoms with E-state index < -0.39 is 49.3 Å². The summed E-state index contributed by atoms with van der Waals surface area (Å²) in [4.78, 5) is 52.1. The molecule has 16 heteroatoms. The van der Waals surface area contributed by atoms with E-state index >= 15 is 0 Å². The molecule has 2 unspecified atom stereocenters. The van der Waals surface area contributed by atoms with Gasteiger partial charge in [0.15, 0.2) is 0 Å². The van der Waals surface area contributed by atoms with Crippen LogP contribution in [0.15, 0.2) is 4.99 Å². The third-order valence-corrected chi connectivity index (χ3v) is 3.33. The second-order valence-corrected chi connectivity index (χ2v) is 4.86. The largest absolute Gasteiger partial charge is 3.00 e. The van der Waals surface area contributed by atoms with Crippen molar-refractivity contribution < 1.29 is 113 Å². The smallest absolute Gasteiger partial charge is 0.846 e. The average molecular weight is 581 g/mol. The maximum absolute atomic E-state index is 11.9. The van der Waals surface area contributed by atoms with E-state index in [2.05, 4.69) is 10.3 Å². The molecule has 27 heavy (non-hydrogen) atoms. The molecule has 0 aromatic heterocycles. The Balaban J connectivity index is -0.000000125. The van der Waals surface area contributed by atoms with E-state index in [0.29, 0.717) is 6.42 Å². The molecule has 1 rings (SSSR count). The molecule has 0 saturated heterocycles. The van der Waals surface area contributed by atoms with Gasteiger partial charge in [-0.05, 0) is 18.8 Å². The molecule has 0 aliphatic carbocycles. The summed E-state index contributed by atoms with van der Waals surface area (Å²) >= 11 is 0. The molecule has 2 amide bonds. The van der Waals surface area contributed by atoms with Crippen LogP contribution in [-0.4, -0.2) is 17.8 Å². The molecule has 0 spiro atoms. The van der Waals surface area contributed by atoms with Crippen LogP contribution >= 0.6 is 26.1 Å². The van der Waals surface area contributed by atoms with Gasteiger partial charge in [-0.1, -0.05) is 27.2 Å². The molecule has 0 aromatic rings. The van der Waals surface area contributed by atoms with Crippen molar-refractivity contribution in [2.45, 2.75) is 40.0 Å². The summed E-state index contributed by atoms with van der Waals surface area (Å²) in [7, 11) is -3.25. The fraction of sp³-hybridized carbons (Fsp3) is 0.727. The normalized spacial score (nSPS) is 18.5. The Labute approximate surface area is 216 Å². The number of amidine groups is 1. The monoisotopic (exact) mass is 579 g/mol. The number of aliphatic imine (C=N–C) groups is 1. The molecule has 1 N–H and O–H groups in total. The van der Waals surface area contributed by atoms with Crippen LogP contribution in [0.4, 0.5) is 0 Å². The summed E-state index contributed by atoms with van der Waals surface area (Å²) in [6.07, 6.45) is 2.02. The molecule has 1 radical (unpaired) electrons. The van der Waals surface area contributed by atoms with Crippen molar-refractivity contribution in [3.63, 3.8) is 0 Å². The number of hydrogen-bond donors (Lipinski definition) is 1. The Bertz CT molecular complexity index is 474. The predicted octanol–water partition coefficient (Wildman–Crippen LogP) is -4.14. The number of nitrogens with one attached hydrogen (secondary N) is 1. The topological polar surface area (TPSA) is 202 Å². The molecule has 1 aliphatic heterocycles. The van der Waals surface area contributed by atoms with E-state index in [4.69, 9.17) is 28.4 Å². The van der Waals surface area contributed by atoms with Gasteiger partial charge in [0.05, 0.1) is 32.1 Å². The van der Waals surface area contributed by atoms with Gasteiger partial charge < -0.3 is 25.1 Å². The minimum atomic E-state index is -1.15. The molecular formula is C11H17N2NaNdO9P3. The summed E-state index contributed by atoms with van der Waals surface area (Å²) in [5.41, 5.74) is -1.15. The number of carbonyl (C=O) groups is 2. The van der Waals surface area contributed by atoms with Gasteiger partial charge in [-0.2, -0.15) is 0 Å². The van der Waals surface area contributed by atoms with Gasteiger partial charge in [0.25, 0.3) is 5.91 Å². The molecule has 2 atom stereocenters. The minimum Gasteiger partial charge on any atom is -0.846 e. The number of carbonyl (C=O) groups excluding carboxylic acids is 2. The Hall–Kier alpha value is 1.14. The van der Waals surface area contributed by atoms with Crippen LogP contribution in [0.1, 0.15) is 40.0 Å². The number of hydrogen-bond acceptors (Lipinski definition) is 9. The van der Waals surface area contributed by atoms with Crippen molar-refractivity contribution in [2.24, 2.45) is 16.3 Å². The van der Waals surface area contributed by atoms with E-state index in [1.54, 1.807) is 6.92 Å². The Morgan fingerprint density at radius 1 is 1.07 bits per heavy atom. The summed E-state index contributed by atoms with van der Waals surface area (Å²) in [5.74, 6) is -1.20. The number of nitrogens with zero attached hydrogens (tertiary/aromatic N) is 1. The summed E-state index contributed by atoms with van der Waals surface area (Å²) in [6, 6.07) is -0.845. The van der Waals surface area contributed by atoms with Crippen LogP contribution in [-0.2, 0) is 23.3 Å². The average Bonchev–Trinajstić information content (AvgIpc) is 2.50. The van der Waals surface area contributed by atoms with Crippen LogP contribution in [0, 0.1) is 52.2 Å². The molecule has 0 fully saturated rings. The molecule has 0 aromatic carbocycles. The molecule has 1 aliphatic rings. The third-order valence-electron chi connectivity index (χ3n) is 3.33. The quantitative estimate of drug-likeness (QED) is 0.194. The maximum Gasteiger partial charge on any atom is 3.00 e. The molecule has 11 nitrogen and oxygen atoms in total. The van der Waals surface area contributed by atoms with Crippen molar-refractivity contribution in [3.05, 3.63) is 0 Å². The standard InChI is InChI=1S/C11H18N2O3.Na.Nd.3HO2P/c1-4-6-7(3)11(5-2)8(14)12-10(16)13-9(11)15;;;3*1-3-2/h7H,4-6H2,1-3H3,(H2,12,13,14,15,16);;;3*(H,1,2)/q;+1;+3;;;/p-4. The second kappa shape index (κ2) is 25.2. The van der Waals surface area contributed by atoms with Crippen molar-refractivity contribution in [1.82, 2.24) is 5.32 Å². The van der Waals surface area contributed by atoms with Crippen LogP contribution in [0.2, 0.25) is 0 Å². The van der Waals surface area contributed by atoms with Gasteiger partial charge in [-0.25, -0.2) is 4.99 Å². The van der Waals surface area contributed by atoms with Gasteiger partial charge in [-0.3, -0.25) is 23.3 Å². The molecular weight excluding hydrogens is 564 g/mol. The zero-order valence-electron chi connectivity index (χ0n) is 15.2. The van der Waals surface area contributed by atoms with E-state index in [1.165, 1.54) is 0 Å². The third kappa shape index (κ3) is 15.6. The van der Waals surface area contributed by atoms with E-state index in [1.807, 2.05) is 13.8 Å². The van der Waals surface area contributed by atoms with E-state index in [9.17, 15) is 14.7 Å². The molecule has 0 bridgehead atoms. The Kier molecular flexibility index (Phi) is 36.1.